The van der Waals surface area contributed by atoms with E-state index in [4.69, 9.17) is 0 Å². The van der Waals surface area contributed by atoms with Crippen LogP contribution in [-0.2, 0) is 10.0 Å². The molecule has 0 saturated carbocycles. The second kappa shape index (κ2) is 5.28. The lowest BCUT2D eigenvalue weighted by Gasteiger charge is -2.25. The molecular formula is C13H20N2O2S. The molecule has 1 aliphatic rings. The Labute approximate surface area is 109 Å². The summed E-state index contributed by atoms with van der Waals surface area (Å²) in [4.78, 5) is 0. The van der Waals surface area contributed by atoms with Crippen LogP contribution < -0.4 is 9.62 Å². The molecule has 0 aliphatic carbocycles. The van der Waals surface area contributed by atoms with Gasteiger partial charge in [0.2, 0.25) is 10.0 Å². The quantitative estimate of drug-likeness (QED) is 0.885. The minimum atomic E-state index is -3.20. The zero-order valence-electron chi connectivity index (χ0n) is 10.9. The Kier molecular flexibility index (Phi) is 3.92. The number of hydrogen-bond acceptors (Lipinski definition) is 3. The van der Waals surface area contributed by atoms with Crippen LogP contribution in [0.4, 0.5) is 5.69 Å². The highest BCUT2D eigenvalue weighted by Crippen LogP contribution is 2.29. The van der Waals surface area contributed by atoms with Crippen LogP contribution in [0.15, 0.2) is 24.3 Å². The molecule has 0 bridgehead atoms. The summed E-state index contributed by atoms with van der Waals surface area (Å²) >= 11 is 0. The third-order valence-electron chi connectivity index (χ3n) is 3.19. The van der Waals surface area contributed by atoms with Crippen LogP contribution in [0, 0.1) is 0 Å². The lowest BCUT2D eigenvalue weighted by molar-refractivity contribution is 0.593. The van der Waals surface area contributed by atoms with Crippen molar-refractivity contribution < 1.29 is 8.42 Å². The standard InChI is InChI=1S/C13H20N2O2S/c1-11(2)12-5-3-4-6-13(12)15-9-7-14-8-10-18(15,16)17/h3-6,11,14H,7-10H2,1-2H3. The maximum absolute atomic E-state index is 12.3. The van der Waals surface area contributed by atoms with Gasteiger partial charge in [0.25, 0.3) is 0 Å². The molecular weight excluding hydrogens is 248 g/mol. The fourth-order valence-electron chi connectivity index (χ4n) is 2.23. The molecule has 0 radical (unpaired) electrons. The van der Waals surface area contributed by atoms with Gasteiger partial charge in [0.15, 0.2) is 0 Å². The molecule has 1 N–H and O–H groups in total. The van der Waals surface area contributed by atoms with E-state index in [1.807, 2.05) is 24.3 Å². The van der Waals surface area contributed by atoms with Gasteiger partial charge >= 0.3 is 0 Å². The Balaban J connectivity index is 2.46. The van der Waals surface area contributed by atoms with Crippen molar-refractivity contribution in [2.45, 2.75) is 19.8 Å². The van der Waals surface area contributed by atoms with Crippen molar-refractivity contribution in [3.63, 3.8) is 0 Å². The van der Waals surface area contributed by atoms with E-state index in [1.54, 1.807) is 4.31 Å². The van der Waals surface area contributed by atoms with Crippen molar-refractivity contribution in [1.82, 2.24) is 5.32 Å². The predicted octanol–water partition coefficient (Wildman–Crippen LogP) is 1.55. The van der Waals surface area contributed by atoms with E-state index in [-0.39, 0.29) is 5.75 Å². The van der Waals surface area contributed by atoms with E-state index in [2.05, 4.69) is 19.2 Å². The first-order valence-corrected chi connectivity index (χ1v) is 7.93. The predicted molar refractivity (Wildman–Crippen MR) is 74.5 cm³/mol. The van der Waals surface area contributed by atoms with Gasteiger partial charge in [-0.3, -0.25) is 4.31 Å². The second-order valence-electron chi connectivity index (χ2n) is 4.85. The Morgan fingerprint density at radius 3 is 2.67 bits per heavy atom. The first kappa shape index (κ1) is 13.4. The summed E-state index contributed by atoms with van der Waals surface area (Å²) in [5, 5.41) is 3.13. The largest absolute Gasteiger partial charge is 0.314 e. The number of nitrogens with one attached hydrogen (secondary N) is 1. The average Bonchev–Trinajstić information content (AvgIpc) is 2.50. The fourth-order valence-corrected chi connectivity index (χ4v) is 3.69. The third kappa shape index (κ3) is 2.67. The van der Waals surface area contributed by atoms with E-state index in [0.717, 1.165) is 11.3 Å². The zero-order chi connectivity index (χ0) is 13.2. The van der Waals surface area contributed by atoms with Gasteiger partial charge in [0.1, 0.15) is 0 Å². The summed E-state index contributed by atoms with van der Waals surface area (Å²) in [6.07, 6.45) is 0. The SMILES string of the molecule is CC(C)c1ccccc1N1CCNCCS1(=O)=O. The van der Waals surface area contributed by atoms with Gasteiger partial charge in [-0.05, 0) is 17.5 Å². The Morgan fingerprint density at radius 1 is 1.22 bits per heavy atom. The zero-order valence-corrected chi connectivity index (χ0v) is 11.7. The van der Waals surface area contributed by atoms with E-state index in [0.29, 0.717) is 25.6 Å². The number of rotatable bonds is 2. The van der Waals surface area contributed by atoms with E-state index in [9.17, 15) is 8.42 Å². The molecule has 0 atom stereocenters. The number of sulfonamides is 1. The number of hydrogen-bond donors (Lipinski definition) is 1. The lowest BCUT2D eigenvalue weighted by atomic mass is 10.0. The number of nitrogens with zero attached hydrogens (tertiary/aromatic N) is 1. The van der Waals surface area contributed by atoms with Crippen molar-refractivity contribution in [2.24, 2.45) is 0 Å². The number of benzene rings is 1. The van der Waals surface area contributed by atoms with Crippen LogP contribution in [0.2, 0.25) is 0 Å². The average molecular weight is 268 g/mol. The van der Waals surface area contributed by atoms with Gasteiger partial charge in [0, 0.05) is 19.6 Å². The Hall–Kier alpha value is -1.07. The van der Waals surface area contributed by atoms with Crippen LogP contribution in [0.25, 0.3) is 0 Å². The molecule has 100 valence electrons. The minimum Gasteiger partial charge on any atom is -0.314 e. The van der Waals surface area contributed by atoms with Gasteiger partial charge in [-0.2, -0.15) is 0 Å². The highest BCUT2D eigenvalue weighted by atomic mass is 32.2. The molecule has 5 heteroatoms. The molecule has 18 heavy (non-hydrogen) atoms. The fraction of sp³-hybridized carbons (Fsp3) is 0.538. The minimum absolute atomic E-state index is 0.166. The molecule has 1 aliphatic heterocycles. The summed E-state index contributed by atoms with van der Waals surface area (Å²) in [6, 6.07) is 7.77. The molecule has 0 unspecified atom stereocenters. The molecule has 1 saturated heterocycles. The number of para-hydroxylation sites is 1. The third-order valence-corrected chi connectivity index (χ3v) is 4.96. The van der Waals surface area contributed by atoms with Gasteiger partial charge < -0.3 is 5.32 Å². The maximum Gasteiger partial charge on any atom is 0.236 e. The molecule has 2 rings (SSSR count). The summed E-state index contributed by atoms with van der Waals surface area (Å²) < 4.78 is 26.1. The summed E-state index contributed by atoms with van der Waals surface area (Å²) in [5.74, 6) is 0.479. The van der Waals surface area contributed by atoms with Gasteiger partial charge in [-0.1, -0.05) is 32.0 Å². The summed E-state index contributed by atoms with van der Waals surface area (Å²) in [7, 11) is -3.20. The summed E-state index contributed by atoms with van der Waals surface area (Å²) in [5.41, 5.74) is 1.92. The smallest absolute Gasteiger partial charge is 0.236 e. The highest BCUT2D eigenvalue weighted by Gasteiger charge is 2.26. The molecule has 0 amide bonds. The van der Waals surface area contributed by atoms with Gasteiger partial charge in [-0.15, -0.1) is 0 Å². The topological polar surface area (TPSA) is 49.4 Å². The van der Waals surface area contributed by atoms with Crippen molar-refractivity contribution in [1.29, 1.82) is 0 Å². The van der Waals surface area contributed by atoms with Crippen molar-refractivity contribution in [2.75, 3.05) is 29.7 Å². The normalized spacial score (nSPS) is 19.8. The maximum atomic E-state index is 12.3. The van der Waals surface area contributed by atoms with E-state index >= 15 is 0 Å². The van der Waals surface area contributed by atoms with Crippen LogP contribution in [0.3, 0.4) is 0 Å². The van der Waals surface area contributed by atoms with Gasteiger partial charge in [-0.25, -0.2) is 8.42 Å². The first-order valence-electron chi connectivity index (χ1n) is 6.32. The second-order valence-corrected chi connectivity index (χ2v) is 6.86. The van der Waals surface area contributed by atoms with Crippen LogP contribution in [0.5, 0.6) is 0 Å². The molecule has 1 fully saturated rings. The molecule has 1 aromatic rings. The Morgan fingerprint density at radius 2 is 1.94 bits per heavy atom. The van der Waals surface area contributed by atoms with Crippen LogP contribution >= 0.6 is 0 Å². The van der Waals surface area contributed by atoms with Crippen LogP contribution in [-0.4, -0.2) is 33.8 Å². The van der Waals surface area contributed by atoms with Crippen molar-refractivity contribution in [3.8, 4) is 0 Å². The Bertz CT molecular complexity index is 511. The van der Waals surface area contributed by atoms with Gasteiger partial charge in [0.05, 0.1) is 11.4 Å². The monoisotopic (exact) mass is 268 g/mol. The van der Waals surface area contributed by atoms with Crippen LogP contribution in [0.1, 0.15) is 25.3 Å². The van der Waals surface area contributed by atoms with Crippen molar-refractivity contribution in [3.05, 3.63) is 29.8 Å². The molecule has 0 spiro atoms. The molecule has 1 aromatic carbocycles. The van der Waals surface area contributed by atoms with E-state index < -0.39 is 10.0 Å². The highest BCUT2D eigenvalue weighted by molar-refractivity contribution is 7.92. The lowest BCUT2D eigenvalue weighted by Crippen LogP contribution is -2.34. The van der Waals surface area contributed by atoms with E-state index in [1.165, 1.54) is 0 Å². The first-order chi connectivity index (χ1) is 8.52. The molecule has 0 aromatic heterocycles. The molecule has 1 heterocycles. The summed E-state index contributed by atoms with van der Waals surface area (Å²) in [6.45, 7) is 5.91. The molecule has 4 nitrogen and oxygen atoms in total. The number of anilines is 1. The van der Waals surface area contributed by atoms with Crippen molar-refractivity contribution >= 4 is 15.7 Å².